The van der Waals surface area contributed by atoms with E-state index in [2.05, 4.69) is 10.2 Å². The Labute approximate surface area is 143 Å². The van der Waals surface area contributed by atoms with Crippen molar-refractivity contribution in [3.8, 4) is 0 Å². The summed E-state index contributed by atoms with van der Waals surface area (Å²) in [5.74, 6) is -0.0427. The third-order valence-electron chi connectivity index (χ3n) is 4.87. The molecule has 0 aliphatic carbocycles. The molecule has 0 spiro atoms. The summed E-state index contributed by atoms with van der Waals surface area (Å²) in [4.78, 5) is 16.3. The van der Waals surface area contributed by atoms with E-state index in [0.29, 0.717) is 52.4 Å². The minimum absolute atomic E-state index is 0.0427. The van der Waals surface area contributed by atoms with Gasteiger partial charge in [0.15, 0.2) is 0 Å². The summed E-state index contributed by atoms with van der Waals surface area (Å²) in [5, 5.41) is 3.14. The molecule has 0 saturated carbocycles. The fourth-order valence-corrected chi connectivity index (χ4v) is 4.83. The summed E-state index contributed by atoms with van der Waals surface area (Å²) in [6.45, 7) is 5.93. The van der Waals surface area contributed by atoms with Gasteiger partial charge in [0.1, 0.15) is 6.10 Å². The van der Waals surface area contributed by atoms with E-state index in [0.717, 1.165) is 19.6 Å². The fraction of sp³-hybridized carbons (Fsp3) is 0.929. The maximum absolute atomic E-state index is 12.7. The van der Waals surface area contributed by atoms with Crippen molar-refractivity contribution < 1.29 is 17.9 Å². The Hall–Kier alpha value is -0.780. The molecule has 0 aromatic carbocycles. The molecule has 3 rings (SSSR count). The molecule has 138 valence electrons. The van der Waals surface area contributed by atoms with Crippen molar-refractivity contribution in [1.29, 1.82) is 0 Å². The van der Waals surface area contributed by atoms with Gasteiger partial charge in [-0.15, -0.1) is 0 Å². The van der Waals surface area contributed by atoms with E-state index < -0.39 is 16.3 Å². The van der Waals surface area contributed by atoms with Crippen molar-refractivity contribution >= 4 is 16.1 Å². The zero-order valence-corrected chi connectivity index (χ0v) is 15.0. The summed E-state index contributed by atoms with van der Waals surface area (Å²) in [6, 6.07) is 0. The first-order valence-electron chi connectivity index (χ1n) is 8.53. The average molecular weight is 361 g/mol. The molecule has 1 amide bonds. The number of hydrogen-bond acceptors (Lipinski definition) is 6. The molecular weight excluding hydrogens is 334 g/mol. The minimum atomic E-state index is -3.42. The molecule has 0 aromatic heterocycles. The Balaban J connectivity index is 1.53. The molecule has 0 bridgehead atoms. The van der Waals surface area contributed by atoms with Crippen LogP contribution >= 0.6 is 0 Å². The second-order valence-electron chi connectivity index (χ2n) is 6.50. The molecule has 10 heteroatoms. The van der Waals surface area contributed by atoms with E-state index in [9.17, 15) is 13.2 Å². The number of likely N-dealkylation sites (N-methyl/N-ethyl adjacent to an activating group) is 1. The highest BCUT2D eigenvalue weighted by atomic mass is 32.2. The van der Waals surface area contributed by atoms with Gasteiger partial charge in [0.05, 0.1) is 6.61 Å². The smallest absolute Gasteiger partial charge is 0.282 e. The second-order valence-corrected chi connectivity index (χ2v) is 8.43. The molecule has 1 unspecified atom stereocenters. The fourth-order valence-electron chi connectivity index (χ4n) is 3.25. The van der Waals surface area contributed by atoms with Crippen LogP contribution in [-0.4, -0.2) is 118 Å². The summed E-state index contributed by atoms with van der Waals surface area (Å²) >= 11 is 0. The lowest BCUT2D eigenvalue weighted by atomic mass is 10.2. The van der Waals surface area contributed by atoms with Gasteiger partial charge >= 0.3 is 0 Å². The van der Waals surface area contributed by atoms with Crippen LogP contribution in [0.2, 0.25) is 0 Å². The Bertz CT molecular complexity index is 535. The van der Waals surface area contributed by atoms with Crippen molar-refractivity contribution in [3.05, 3.63) is 0 Å². The van der Waals surface area contributed by atoms with Gasteiger partial charge < -0.3 is 19.9 Å². The monoisotopic (exact) mass is 361 g/mol. The predicted octanol–water partition coefficient (Wildman–Crippen LogP) is -2.39. The van der Waals surface area contributed by atoms with E-state index >= 15 is 0 Å². The molecule has 0 aromatic rings. The van der Waals surface area contributed by atoms with Crippen molar-refractivity contribution in [3.63, 3.8) is 0 Å². The molecule has 3 saturated heterocycles. The van der Waals surface area contributed by atoms with Crippen molar-refractivity contribution in [2.24, 2.45) is 0 Å². The molecule has 3 heterocycles. The van der Waals surface area contributed by atoms with E-state index in [-0.39, 0.29) is 5.91 Å². The molecule has 9 nitrogen and oxygen atoms in total. The zero-order valence-electron chi connectivity index (χ0n) is 14.2. The van der Waals surface area contributed by atoms with Crippen LogP contribution in [0.3, 0.4) is 0 Å². The highest BCUT2D eigenvalue weighted by Gasteiger charge is 2.36. The average Bonchev–Trinajstić information content (AvgIpc) is 2.62. The Morgan fingerprint density at radius 3 is 2.12 bits per heavy atom. The number of rotatable bonds is 3. The maximum Gasteiger partial charge on any atom is 0.282 e. The van der Waals surface area contributed by atoms with Gasteiger partial charge in [-0.1, -0.05) is 0 Å². The summed E-state index contributed by atoms with van der Waals surface area (Å²) in [6.07, 6.45) is -0.445. The summed E-state index contributed by atoms with van der Waals surface area (Å²) in [5.41, 5.74) is 0. The number of piperazine rings is 2. The van der Waals surface area contributed by atoms with Crippen LogP contribution in [0.5, 0.6) is 0 Å². The van der Waals surface area contributed by atoms with Crippen molar-refractivity contribution in [2.75, 3.05) is 79.1 Å². The molecule has 0 radical (unpaired) electrons. The van der Waals surface area contributed by atoms with Crippen LogP contribution in [0, 0.1) is 0 Å². The first-order chi connectivity index (χ1) is 11.5. The van der Waals surface area contributed by atoms with Crippen LogP contribution in [0.25, 0.3) is 0 Å². The molecule has 3 aliphatic rings. The number of nitrogens with one attached hydrogen (secondary N) is 1. The second kappa shape index (κ2) is 7.63. The lowest BCUT2D eigenvalue weighted by molar-refractivity contribution is -0.146. The lowest BCUT2D eigenvalue weighted by Gasteiger charge is -2.40. The molecular formula is C14H27N5O4S. The zero-order chi connectivity index (χ0) is 17.2. The van der Waals surface area contributed by atoms with Crippen LogP contribution in [0.15, 0.2) is 0 Å². The SMILES string of the molecule is CN1CCN(S(=O)(=O)N2CCN(C(=O)C3CNCCO3)CC2)CC1. The number of amides is 1. The molecule has 3 aliphatic heterocycles. The molecule has 1 atom stereocenters. The first-order valence-corrected chi connectivity index (χ1v) is 9.93. The Morgan fingerprint density at radius 2 is 1.58 bits per heavy atom. The summed E-state index contributed by atoms with van der Waals surface area (Å²) < 4.78 is 34.0. The maximum atomic E-state index is 12.7. The van der Waals surface area contributed by atoms with Gasteiger partial charge in [-0.2, -0.15) is 17.0 Å². The number of hydrogen-bond donors (Lipinski definition) is 1. The molecule has 1 N–H and O–H groups in total. The third kappa shape index (κ3) is 3.89. The van der Waals surface area contributed by atoms with Crippen LogP contribution in [0.4, 0.5) is 0 Å². The number of morpholine rings is 1. The third-order valence-corrected chi connectivity index (χ3v) is 6.90. The van der Waals surface area contributed by atoms with Gasteiger partial charge in [0.25, 0.3) is 16.1 Å². The largest absolute Gasteiger partial charge is 0.366 e. The number of ether oxygens (including phenoxy) is 1. The lowest BCUT2D eigenvalue weighted by Crippen LogP contribution is -2.59. The minimum Gasteiger partial charge on any atom is -0.366 e. The standard InChI is InChI=1S/C14H27N5O4S/c1-16-3-7-18(8-4-16)24(21,22)19-9-5-17(6-10-19)14(20)13-12-15-2-11-23-13/h13,15H,2-12H2,1H3. The van der Waals surface area contributed by atoms with E-state index in [1.54, 1.807) is 9.21 Å². The van der Waals surface area contributed by atoms with Crippen LogP contribution in [0.1, 0.15) is 0 Å². The van der Waals surface area contributed by atoms with Gasteiger partial charge in [-0.25, -0.2) is 0 Å². The van der Waals surface area contributed by atoms with Crippen LogP contribution in [-0.2, 0) is 19.7 Å². The quantitative estimate of drug-likeness (QED) is 0.604. The predicted molar refractivity (Wildman–Crippen MR) is 88.8 cm³/mol. The van der Waals surface area contributed by atoms with E-state index in [1.807, 2.05) is 7.05 Å². The highest BCUT2D eigenvalue weighted by Crippen LogP contribution is 2.15. The number of nitrogens with zero attached hydrogens (tertiary/aromatic N) is 4. The topological polar surface area (TPSA) is 85.4 Å². The van der Waals surface area contributed by atoms with E-state index in [4.69, 9.17) is 4.74 Å². The van der Waals surface area contributed by atoms with E-state index in [1.165, 1.54) is 4.31 Å². The molecule has 3 fully saturated rings. The van der Waals surface area contributed by atoms with Crippen molar-refractivity contribution in [1.82, 2.24) is 23.7 Å². The van der Waals surface area contributed by atoms with Gasteiger partial charge in [0.2, 0.25) is 0 Å². The number of carbonyl (C=O) groups is 1. The van der Waals surface area contributed by atoms with Gasteiger partial charge in [-0.05, 0) is 7.05 Å². The summed E-state index contributed by atoms with van der Waals surface area (Å²) in [7, 11) is -1.43. The molecule has 24 heavy (non-hydrogen) atoms. The highest BCUT2D eigenvalue weighted by molar-refractivity contribution is 7.86. The Kier molecular flexibility index (Phi) is 5.73. The van der Waals surface area contributed by atoms with Gasteiger partial charge in [-0.3, -0.25) is 4.79 Å². The Morgan fingerprint density at radius 1 is 1.00 bits per heavy atom. The first kappa shape index (κ1) is 18.0. The van der Waals surface area contributed by atoms with Gasteiger partial charge in [0, 0.05) is 65.4 Å². The normalized spacial score (nSPS) is 28.9. The van der Waals surface area contributed by atoms with Crippen LogP contribution < -0.4 is 5.32 Å². The van der Waals surface area contributed by atoms with Crippen molar-refractivity contribution in [2.45, 2.75) is 6.10 Å². The number of carbonyl (C=O) groups excluding carboxylic acids is 1.